The number of esters is 1. The number of carboxylic acid groups (broad SMARTS) is 1. The molecule has 0 bridgehead atoms. The van der Waals surface area contributed by atoms with Crippen molar-refractivity contribution in [1.82, 2.24) is 0 Å². The van der Waals surface area contributed by atoms with Crippen LogP contribution in [0, 0.1) is 0 Å². The van der Waals surface area contributed by atoms with Gasteiger partial charge in [-0.1, -0.05) is 12.7 Å². The molecule has 3 N–H and O–H groups in total. The van der Waals surface area contributed by atoms with Gasteiger partial charge in [0, 0.05) is 11.1 Å². The number of hydrogen-bond donors (Lipinski definition) is 3. The fraction of sp³-hybridized carbons (Fsp3) is 0.571. The highest BCUT2D eigenvalue weighted by atomic mass is 32.2. The summed E-state index contributed by atoms with van der Waals surface area (Å²) in [6.07, 6.45) is 2.06. The van der Waals surface area contributed by atoms with Gasteiger partial charge in [0.1, 0.15) is 0 Å². The highest BCUT2D eigenvalue weighted by molar-refractivity contribution is 7.86. The van der Waals surface area contributed by atoms with Crippen molar-refractivity contribution in [2.24, 2.45) is 0 Å². The third kappa shape index (κ3) is 20.3. The third-order valence-corrected chi connectivity index (χ3v) is 4.13. The Morgan fingerprint density at radius 2 is 1.46 bits per heavy atom. The summed E-state index contributed by atoms with van der Waals surface area (Å²) in [7, 11) is -7.88. The van der Waals surface area contributed by atoms with E-state index in [0.717, 1.165) is 0 Å². The second kappa shape index (κ2) is 12.6. The number of carbonyl (C=O) groups is 2. The Hall–Kier alpha value is -1.76. The number of aliphatic carboxylic acids is 1. The molecular weight excluding hydrogens is 392 g/mol. The van der Waals surface area contributed by atoms with Crippen molar-refractivity contribution in [3.8, 4) is 0 Å². The number of carbonyl (C=O) groups excluding carboxylic acids is 1. The minimum Gasteiger partial charge on any atom is -0.478 e. The molecule has 0 spiro atoms. The van der Waals surface area contributed by atoms with Gasteiger partial charge in [0.25, 0.3) is 20.2 Å². The highest BCUT2D eigenvalue weighted by Crippen LogP contribution is 2.00. The first-order chi connectivity index (χ1) is 11.7. The van der Waals surface area contributed by atoms with Crippen LogP contribution < -0.4 is 0 Å². The van der Waals surface area contributed by atoms with Crippen LogP contribution in [-0.2, 0) is 34.6 Å². The van der Waals surface area contributed by atoms with Gasteiger partial charge in [-0.15, -0.1) is 0 Å². The van der Waals surface area contributed by atoms with Crippen molar-refractivity contribution in [2.45, 2.75) is 33.1 Å². The van der Waals surface area contributed by atoms with Crippen LogP contribution in [-0.4, -0.2) is 61.1 Å². The fourth-order valence-electron chi connectivity index (χ4n) is 1.20. The predicted molar refractivity (Wildman–Crippen MR) is 93.8 cm³/mol. The van der Waals surface area contributed by atoms with E-state index in [1.54, 1.807) is 0 Å². The first kappa shape index (κ1) is 26.5. The van der Waals surface area contributed by atoms with Gasteiger partial charge < -0.3 is 9.84 Å². The number of ether oxygens (including phenoxy) is 1. The minimum atomic E-state index is -3.96. The van der Waals surface area contributed by atoms with E-state index in [9.17, 15) is 26.4 Å². The lowest BCUT2D eigenvalue weighted by atomic mass is 10.2. The molecule has 0 atom stereocenters. The molecule has 12 heteroatoms. The molecule has 0 heterocycles. The lowest BCUT2D eigenvalue weighted by Gasteiger charge is -2.02. The molecule has 10 nitrogen and oxygen atoms in total. The van der Waals surface area contributed by atoms with Gasteiger partial charge in [-0.2, -0.15) is 16.8 Å². The summed E-state index contributed by atoms with van der Waals surface area (Å²) in [5.74, 6) is -2.32. The van der Waals surface area contributed by atoms with Gasteiger partial charge in [-0.25, -0.2) is 9.59 Å². The third-order valence-electron chi connectivity index (χ3n) is 2.52. The van der Waals surface area contributed by atoms with Crippen LogP contribution in [0.25, 0.3) is 0 Å². The van der Waals surface area contributed by atoms with Crippen LogP contribution in [0.5, 0.6) is 0 Å². The molecule has 0 aliphatic carbocycles. The Morgan fingerprint density at radius 3 is 1.85 bits per heavy atom. The van der Waals surface area contributed by atoms with E-state index in [0.29, 0.717) is 6.42 Å². The topological polar surface area (TPSA) is 172 Å². The molecule has 0 saturated heterocycles. The van der Waals surface area contributed by atoms with Crippen LogP contribution in [0.3, 0.4) is 0 Å². The Morgan fingerprint density at radius 1 is 1.00 bits per heavy atom. The number of rotatable bonds is 10. The van der Waals surface area contributed by atoms with Gasteiger partial charge in [0.2, 0.25) is 0 Å². The predicted octanol–water partition coefficient (Wildman–Crippen LogP) is 1.07. The molecule has 26 heavy (non-hydrogen) atoms. The summed E-state index contributed by atoms with van der Waals surface area (Å²) in [4.78, 5) is 21.0. The van der Waals surface area contributed by atoms with E-state index < -0.39 is 37.9 Å². The van der Waals surface area contributed by atoms with E-state index >= 15 is 0 Å². The van der Waals surface area contributed by atoms with Crippen LogP contribution in [0.1, 0.15) is 33.1 Å². The zero-order valence-electron chi connectivity index (χ0n) is 14.5. The Bertz CT molecular complexity index is 717. The van der Waals surface area contributed by atoms with Crippen molar-refractivity contribution in [2.75, 3.05) is 18.1 Å². The van der Waals surface area contributed by atoms with Gasteiger partial charge in [0.15, 0.2) is 0 Å². The summed E-state index contributed by atoms with van der Waals surface area (Å²) in [5, 5.41) is 8.41. The second-order valence-corrected chi connectivity index (χ2v) is 8.32. The smallest absolute Gasteiger partial charge is 0.333 e. The van der Waals surface area contributed by atoms with Crippen LogP contribution >= 0.6 is 0 Å². The van der Waals surface area contributed by atoms with E-state index in [1.165, 1.54) is 19.9 Å². The minimum absolute atomic E-state index is 0.0362. The van der Waals surface area contributed by atoms with Crippen molar-refractivity contribution in [1.29, 1.82) is 0 Å². The quantitative estimate of drug-likeness (QED) is 0.202. The first-order valence-corrected chi connectivity index (χ1v) is 10.5. The SMILES string of the molecule is C=C(C)C(=O)OCCCS(=O)(=O)O.CC(=CCCCS(=O)(=O)O)C(=O)O. The lowest BCUT2D eigenvalue weighted by Crippen LogP contribution is -2.11. The zero-order valence-corrected chi connectivity index (χ0v) is 16.2. The molecule has 0 radical (unpaired) electrons. The van der Waals surface area contributed by atoms with E-state index in [2.05, 4.69) is 11.3 Å². The van der Waals surface area contributed by atoms with E-state index in [-0.39, 0.29) is 36.3 Å². The molecule has 0 fully saturated rings. The van der Waals surface area contributed by atoms with Gasteiger partial charge in [-0.05, 0) is 33.1 Å². The van der Waals surface area contributed by atoms with Crippen molar-refractivity contribution in [3.05, 3.63) is 23.8 Å². The second-order valence-electron chi connectivity index (χ2n) is 5.18. The van der Waals surface area contributed by atoms with Crippen molar-refractivity contribution >= 4 is 32.2 Å². The fourth-order valence-corrected chi connectivity index (χ4v) is 2.22. The molecule has 0 rings (SSSR count). The Balaban J connectivity index is 0. The molecule has 0 aliphatic heterocycles. The molecule has 0 amide bonds. The van der Waals surface area contributed by atoms with E-state index in [4.69, 9.17) is 14.2 Å². The van der Waals surface area contributed by atoms with Crippen LogP contribution in [0.15, 0.2) is 23.8 Å². The van der Waals surface area contributed by atoms with Crippen molar-refractivity contribution in [3.63, 3.8) is 0 Å². The number of carboxylic acids is 1. The summed E-state index contributed by atoms with van der Waals surface area (Å²) in [5.41, 5.74) is 0.433. The molecule has 0 aliphatic rings. The summed E-state index contributed by atoms with van der Waals surface area (Å²) in [6.45, 7) is 6.22. The van der Waals surface area contributed by atoms with Crippen molar-refractivity contribution < 1.29 is 45.4 Å². The van der Waals surface area contributed by atoms with Gasteiger partial charge in [-0.3, -0.25) is 9.11 Å². The maximum absolute atomic E-state index is 10.7. The largest absolute Gasteiger partial charge is 0.478 e. The van der Waals surface area contributed by atoms with Gasteiger partial charge >= 0.3 is 11.9 Å². The molecule has 0 aromatic rings. The molecule has 0 aromatic heterocycles. The number of unbranched alkanes of at least 4 members (excludes halogenated alkanes) is 1. The molecule has 152 valence electrons. The maximum atomic E-state index is 10.7. The average molecular weight is 416 g/mol. The summed E-state index contributed by atoms with van der Waals surface area (Å²) in [6, 6.07) is 0. The van der Waals surface area contributed by atoms with Gasteiger partial charge in [0.05, 0.1) is 18.1 Å². The Labute approximate surface area is 153 Å². The Kier molecular flexibility index (Phi) is 12.8. The van der Waals surface area contributed by atoms with E-state index in [1.807, 2.05) is 0 Å². The standard InChI is InChI=1S/2C7H12O5S/c1-6(2)7(8)12-4-3-5-13(9,10)11;1-6(7(8)9)4-2-3-5-13(10,11)12/h1,3-5H2,2H3,(H,9,10,11);4H,2-3,5H2,1H3,(H,8,9)(H,10,11,12). The zero-order chi connectivity index (χ0) is 21.0. The monoisotopic (exact) mass is 416 g/mol. The first-order valence-electron chi connectivity index (χ1n) is 7.28. The molecule has 0 aromatic carbocycles. The van der Waals surface area contributed by atoms with Crippen LogP contribution in [0.4, 0.5) is 0 Å². The molecular formula is C14H24O10S2. The molecule has 0 saturated carbocycles. The number of hydrogen-bond acceptors (Lipinski definition) is 7. The average Bonchev–Trinajstić information content (AvgIpc) is 2.46. The van der Waals surface area contributed by atoms with Crippen LogP contribution in [0.2, 0.25) is 0 Å². The lowest BCUT2D eigenvalue weighted by molar-refractivity contribution is -0.139. The highest BCUT2D eigenvalue weighted by Gasteiger charge is 2.06. The normalized spacial score (nSPS) is 11.9. The summed E-state index contributed by atoms with van der Waals surface area (Å²) >= 11 is 0. The summed E-state index contributed by atoms with van der Waals surface area (Å²) < 4.78 is 62.1. The number of allylic oxidation sites excluding steroid dienone is 1. The maximum Gasteiger partial charge on any atom is 0.333 e. The molecule has 0 unspecified atom stereocenters.